The lowest BCUT2D eigenvalue weighted by Crippen LogP contribution is -2.30. The first-order valence-electron chi connectivity index (χ1n) is 8.94. The quantitative estimate of drug-likeness (QED) is 0.828. The summed E-state index contributed by atoms with van der Waals surface area (Å²) in [6, 6.07) is 15.8. The van der Waals surface area contributed by atoms with Crippen LogP contribution in [0.3, 0.4) is 0 Å². The first-order chi connectivity index (χ1) is 12.5. The largest absolute Gasteiger partial charge is 0.351 e. The van der Waals surface area contributed by atoms with Crippen molar-refractivity contribution in [1.29, 1.82) is 0 Å². The number of fused-ring (bicyclic) bond motifs is 1. The molecule has 1 unspecified atom stereocenters. The smallest absolute Gasteiger partial charge is 0.251 e. The minimum absolute atomic E-state index is 0.00208. The Labute approximate surface area is 158 Å². The summed E-state index contributed by atoms with van der Waals surface area (Å²) in [5.74, 6) is 1.32. The van der Waals surface area contributed by atoms with Gasteiger partial charge in [-0.25, -0.2) is 0 Å². The number of hydrogen-bond donors (Lipinski definition) is 2. The zero-order chi connectivity index (χ0) is 18.5. The van der Waals surface area contributed by atoms with Gasteiger partial charge in [0.15, 0.2) is 0 Å². The van der Waals surface area contributed by atoms with Crippen molar-refractivity contribution in [2.24, 2.45) is 5.92 Å². The van der Waals surface area contributed by atoms with E-state index in [0.29, 0.717) is 24.4 Å². The molecular formula is C21H24N2O2S. The van der Waals surface area contributed by atoms with E-state index >= 15 is 0 Å². The van der Waals surface area contributed by atoms with Gasteiger partial charge < -0.3 is 10.6 Å². The van der Waals surface area contributed by atoms with E-state index in [1.54, 1.807) is 17.8 Å². The molecule has 2 aromatic carbocycles. The van der Waals surface area contributed by atoms with E-state index in [1.165, 1.54) is 5.56 Å². The molecule has 0 radical (unpaired) electrons. The number of carbonyl (C=O) groups excluding carboxylic acids is 2. The van der Waals surface area contributed by atoms with Crippen LogP contribution in [0.1, 0.15) is 42.1 Å². The van der Waals surface area contributed by atoms with E-state index < -0.39 is 0 Å². The number of amides is 2. The van der Waals surface area contributed by atoms with E-state index in [9.17, 15) is 9.59 Å². The van der Waals surface area contributed by atoms with Gasteiger partial charge in [0.2, 0.25) is 5.91 Å². The van der Waals surface area contributed by atoms with Gasteiger partial charge in [-0.15, -0.1) is 11.8 Å². The summed E-state index contributed by atoms with van der Waals surface area (Å²) in [4.78, 5) is 25.4. The van der Waals surface area contributed by atoms with Gasteiger partial charge >= 0.3 is 0 Å². The highest BCUT2D eigenvalue weighted by Crippen LogP contribution is 2.31. The molecule has 0 aromatic heterocycles. The van der Waals surface area contributed by atoms with Gasteiger partial charge in [0, 0.05) is 35.1 Å². The summed E-state index contributed by atoms with van der Waals surface area (Å²) < 4.78 is 0. The first-order valence-corrected chi connectivity index (χ1v) is 9.93. The zero-order valence-corrected chi connectivity index (χ0v) is 15.9. The second kappa shape index (κ2) is 8.41. The summed E-state index contributed by atoms with van der Waals surface area (Å²) in [5.41, 5.74) is 2.53. The predicted octanol–water partition coefficient (Wildman–Crippen LogP) is 4.29. The van der Waals surface area contributed by atoms with E-state index in [0.717, 1.165) is 16.3 Å². The number of benzene rings is 2. The number of nitrogens with one attached hydrogen (secondary N) is 2. The van der Waals surface area contributed by atoms with Crippen molar-refractivity contribution < 1.29 is 9.59 Å². The third-order valence-electron chi connectivity index (χ3n) is 4.62. The standard InChI is InChI=1S/C21H24N2O2S/c1-14(2)17(15-6-4-3-5-7-15)13-22-21(25)16-8-9-19-18(12-16)23-20(24)10-11-26-19/h3-9,12,14,17H,10-11,13H2,1-2H3,(H,22,25)(H,23,24). The Bertz CT molecular complexity index is 790. The summed E-state index contributed by atoms with van der Waals surface area (Å²) in [7, 11) is 0. The molecule has 2 aromatic rings. The Morgan fingerprint density at radius 1 is 1.19 bits per heavy atom. The molecule has 0 aliphatic carbocycles. The van der Waals surface area contributed by atoms with Gasteiger partial charge in [-0.05, 0) is 29.7 Å². The minimum Gasteiger partial charge on any atom is -0.351 e. The van der Waals surface area contributed by atoms with Crippen LogP contribution in [0.4, 0.5) is 5.69 Å². The zero-order valence-electron chi connectivity index (χ0n) is 15.1. The lowest BCUT2D eigenvalue weighted by molar-refractivity contribution is -0.115. The van der Waals surface area contributed by atoms with Crippen LogP contribution in [0.2, 0.25) is 0 Å². The van der Waals surface area contributed by atoms with Gasteiger partial charge in [0.25, 0.3) is 5.91 Å². The fourth-order valence-corrected chi connectivity index (χ4v) is 4.04. The molecule has 2 N–H and O–H groups in total. The van der Waals surface area contributed by atoms with Crippen LogP contribution in [-0.4, -0.2) is 24.1 Å². The van der Waals surface area contributed by atoms with Gasteiger partial charge in [-0.3, -0.25) is 9.59 Å². The third-order valence-corrected chi connectivity index (χ3v) is 5.69. The maximum Gasteiger partial charge on any atom is 0.251 e. The highest BCUT2D eigenvalue weighted by Gasteiger charge is 2.19. The summed E-state index contributed by atoms with van der Waals surface area (Å²) in [6.45, 7) is 4.91. The number of thioether (sulfide) groups is 1. The van der Waals surface area contributed by atoms with Crippen LogP contribution in [-0.2, 0) is 4.79 Å². The molecular weight excluding hydrogens is 344 g/mol. The van der Waals surface area contributed by atoms with Crippen LogP contribution in [0, 0.1) is 5.92 Å². The van der Waals surface area contributed by atoms with Crippen molar-refractivity contribution in [3.63, 3.8) is 0 Å². The maximum atomic E-state index is 12.6. The molecule has 0 fully saturated rings. The number of rotatable bonds is 5. The Kier molecular flexibility index (Phi) is 5.99. The molecule has 4 nitrogen and oxygen atoms in total. The Morgan fingerprint density at radius 2 is 1.96 bits per heavy atom. The molecule has 1 heterocycles. The molecule has 1 aliphatic heterocycles. The normalized spacial score (nSPS) is 15.0. The predicted molar refractivity (Wildman–Crippen MR) is 107 cm³/mol. The molecule has 26 heavy (non-hydrogen) atoms. The van der Waals surface area contributed by atoms with Crippen LogP contribution in [0.25, 0.3) is 0 Å². The van der Waals surface area contributed by atoms with E-state index in [1.807, 2.05) is 30.3 Å². The van der Waals surface area contributed by atoms with Gasteiger partial charge in [-0.2, -0.15) is 0 Å². The van der Waals surface area contributed by atoms with Crippen LogP contribution < -0.4 is 10.6 Å². The van der Waals surface area contributed by atoms with Crippen LogP contribution in [0.15, 0.2) is 53.4 Å². The Balaban J connectivity index is 1.71. The van der Waals surface area contributed by atoms with Gasteiger partial charge in [-0.1, -0.05) is 44.2 Å². The second-order valence-corrected chi connectivity index (χ2v) is 7.97. The SMILES string of the molecule is CC(C)C(CNC(=O)c1ccc2c(c1)NC(=O)CCS2)c1ccccc1. The van der Waals surface area contributed by atoms with Crippen molar-refractivity contribution in [1.82, 2.24) is 5.32 Å². The monoisotopic (exact) mass is 368 g/mol. The fraction of sp³-hybridized carbons (Fsp3) is 0.333. The summed E-state index contributed by atoms with van der Waals surface area (Å²) in [5, 5.41) is 5.94. The lowest BCUT2D eigenvalue weighted by atomic mass is 9.88. The van der Waals surface area contributed by atoms with Crippen LogP contribution in [0.5, 0.6) is 0 Å². The van der Waals surface area contributed by atoms with Gasteiger partial charge in [0.05, 0.1) is 5.69 Å². The molecule has 1 aliphatic rings. The Hall–Kier alpha value is -2.27. The molecule has 2 amide bonds. The minimum atomic E-state index is -0.113. The average Bonchev–Trinajstić information content (AvgIpc) is 2.82. The van der Waals surface area contributed by atoms with Crippen molar-refractivity contribution in [2.75, 3.05) is 17.6 Å². The molecule has 0 saturated carbocycles. The highest BCUT2D eigenvalue weighted by atomic mass is 32.2. The van der Waals surface area contributed by atoms with Crippen LogP contribution >= 0.6 is 11.8 Å². The average molecular weight is 369 g/mol. The lowest BCUT2D eigenvalue weighted by Gasteiger charge is -2.22. The summed E-state index contributed by atoms with van der Waals surface area (Å²) >= 11 is 1.64. The molecule has 0 spiro atoms. The molecule has 136 valence electrons. The summed E-state index contributed by atoms with van der Waals surface area (Å²) in [6.07, 6.45) is 0.494. The van der Waals surface area contributed by atoms with Crippen molar-refractivity contribution in [3.8, 4) is 0 Å². The molecule has 0 bridgehead atoms. The number of carbonyl (C=O) groups is 2. The van der Waals surface area contributed by atoms with Crippen molar-refractivity contribution >= 4 is 29.3 Å². The first kappa shape index (κ1) is 18.5. The molecule has 3 rings (SSSR count). The third kappa shape index (κ3) is 4.47. The molecule has 5 heteroatoms. The fourth-order valence-electron chi connectivity index (χ4n) is 3.10. The van der Waals surface area contributed by atoms with Crippen molar-refractivity contribution in [3.05, 3.63) is 59.7 Å². The maximum absolute atomic E-state index is 12.6. The number of anilines is 1. The van der Waals surface area contributed by atoms with Crippen molar-refractivity contribution in [2.45, 2.75) is 31.1 Å². The molecule has 0 saturated heterocycles. The van der Waals surface area contributed by atoms with E-state index in [4.69, 9.17) is 0 Å². The molecule has 1 atom stereocenters. The second-order valence-electron chi connectivity index (χ2n) is 6.83. The topological polar surface area (TPSA) is 58.2 Å². The highest BCUT2D eigenvalue weighted by molar-refractivity contribution is 7.99. The van der Waals surface area contributed by atoms with E-state index in [2.05, 4.69) is 36.6 Å². The van der Waals surface area contributed by atoms with Gasteiger partial charge in [0.1, 0.15) is 0 Å². The number of hydrogen-bond acceptors (Lipinski definition) is 3. The van der Waals surface area contributed by atoms with E-state index in [-0.39, 0.29) is 17.7 Å². The Morgan fingerprint density at radius 3 is 2.69 bits per heavy atom.